The highest BCUT2D eigenvalue weighted by Crippen LogP contribution is 2.53. The van der Waals surface area contributed by atoms with Gasteiger partial charge in [-0.1, -0.05) is 150 Å². The molecule has 1 aromatic heterocycles. The van der Waals surface area contributed by atoms with Gasteiger partial charge >= 0.3 is 53.1 Å². The first kappa shape index (κ1) is 89.7. The molecule has 1 aliphatic heterocycles. The van der Waals surface area contributed by atoms with Gasteiger partial charge in [-0.3, -0.25) is 0 Å². The smallest absolute Gasteiger partial charge is 0.450 e. The van der Waals surface area contributed by atoms with Crippen LogP contribution in [0.1, 0.15) is 131 Å². The second-order valence-electron chi connectivity index (χ2n) is 21.8. The number of hydrogen-bond donors (Lipinski definition) is 1. The standard InChI is InChI=1S/C20H17OS.C18H23OS.2C13H14F6O6S2.4CH4/c21-14-13-15-9-11-16(12-10-15)22-19-7-3-1-5-17(19)18-6-2-4-8-20(18)22;1-2-3-12-19-17-10-11-18(20-13-6-7-14-20)16-9-5-4-8-15(16)17;2*1-3-8(2)9-4-6-10(7-5-9)25-27(23,24)13(18,19)11(14,15)12(16,17)26(20,21)22;;;;/h1-12,21H,13-14H2;4-5,8-11H,2-3,6-7,12-14H2,1H3;2*4-8H,3H2,1-2H3,(H,20,21,22);4*1H4/q2*+1;;;;;;/p-2. The van der Waals surface area contributed by atoms with E-state index >= 15 is 0 Å². The molecule has 0 saturated carbocycles. The minimum atomic E-state index is -7.33. The third kappa shape index (κ3) is 19.1. The lowest BCUT2D eigenvalue weighted by Gasteiger charge is -2.32. The third-order valence-electron chi connectivity index (χ3n) is 15.3. The van der Waals surface area contributed by atoms with E-state index in [0.29, 0.717) is 34.9 Å². The predicted molar refractivity (Wildman–Crippen MR) is 370 cm³/mol. The van der Waals surface area contributed by atoms with Gasteiger partial charge in [-0.25, -0.2) is 16.8 Å². The summed E-state index contributed by atoms with van der Waals surface area (Å²) < 4.78 is 283. The lowest BCUT2D eigenvalue weighted by atomic mass is 9.99. The number of rotatable bonds is 24. The van der Waals surface area contributed by atoms with Crippen molar-refractivity contribution in [1.29, 1.82) is 0 Å². The fourth-order valence-electron chi connectivity index (χ4n) is 9.35. The van der Waals surface area contributed by atoms with Crippen LogP contribution in [0.4, 0.5) is 52.7 Å². The Labute approximate surface area is 583 Å². The molecule has 2 unspecified atom stereocenters. The molecule has 0 amide bonds. The number of fused-ring (bicyclic) bond motifs is 4. The Hall–Kier alpha value is -6.39. The fraction of sp³-hybridized carbons (Fsp3) is 0.412. The predicted octanol–water partition coefficient (Wildman–Crippen LogP) is 19.1. The normalized spacial score (nSPS) is 14.0. The number of halogens is 12. The topological polar surface area (TPSA) is 231 Å². The fourth-order valence-corrected chi connectivity index (χ4v) is 17.1. The number of thiophene rings is 1. The Balaban J connectivity index is 0.000000450. The van der Waals surface area contributed by atoms with Gasteiger partial charge in [0.15, 0.2) is 39.4 Å². The lowest BCUT2D eigenvalue weighted by molar-refractivity contribution is -0.247. The molecule has 1 saturated heterocycles. The molecule has 32 heteroatoms. The van der Waals surface area contributed by atoms with Crippen LogP contribution >= 0.6 is 10.5 Å². The number of alkyl halides is 12. The van der Waals surface area contributed by atoms with E-state index in [9.17, 15) is 95.5 Å². The molecule has 1 fully saturated rings. The number of unbranched alkanes of at least 4 members (excludes halogenated alkanes) is 1. The van der Waals surface area contributed by atoms with Gasteiger partial charge in [0.1, 0.15) is 28.8 Å². The van der Waals surface area contributed by atoms with Gasteiger partial charge < -0.3 is 27.3 Å². The Bertz CT molecular complexity index is 4200. The molecule has 9 rings (SSSR count). The summed E-state index contributed by atoms with van der Waals surface area (Å²) in [6.07, 6.45) is 7.13. The highest BCUT2D eigenvalue weighted by Gasteiger charge is 2.82. The van der Waals surface area contributed by atoms with Crippen molar-refractivity contribution in [2.45, 2.75) is 159 Å². The zero-order chi connectivity index (χ0) is 71.7. The SMILES string of the molecule is C.C.C.C.CCC(C)c1ccc(OS(=O)(=O)C(F)(F)C(F)(F)C(F)(F)S(=O)(=O)[O-])cc1.CCC(C)c1ccc(OS(=O)(=O)C(F)(F)C(F)(F)C(F)(F)S(=O)(=O)[O-])cc1.CCCCOc1ccc([S+]2CCCC2)c2ccccc12.OCCc1ccc(-[s+]2c3ccccc3c3ccccc32)cc1. The largest absolute Gasteiger partial charge is 0.743 e. The number of benzene rings is 7. The van der Waals surface area contributed by atoms with E-state index in [0.717, 1.165) is 49.5 Å². The third-order valence-corrected chi connectivity index (χ3v) is 24.5. The minimum absolute atomic E-state index is 0. The maximum atomic E-state index is 13.6. The molecular formula is C68H82F12O14S6. The highest BCUT2D eigenvalue weighted by atomic mass is 32.2. The zero-order valence-electron chi connectivity index (χ0n) is 51.7. The highest BCUT2D eigenvalue weighted by molar-refractivity contribution is 7.97. The van der Waals surface area contributed by atoms with Crippen LogP contribution in [0.15, 0.2) is 163 Å². The molecule has 100 heavy (non-hydrogen) atoms. The van der Waals surface area contributed by atoms with Crippen molar-refractivity contribution < 1.29 is 114 Å². The summed E-state index contributed by atoms with van der Waals surface area (Å²) in [7, 11) is -27.8. The summed E-state index contributed by atoms with van der Waals surface area (Å²) >= 11 is 0. The summed E-state index contributed by atoms with van der Waals surface area (Å²) in [6.45, 7) is 10.4. The molecule has 7 aromatic carbocycles. The Morgan fingerprint density at radius 3 is 1.21 bits per heavy atom. The molecule has 0 radical (unpaired) electrons. The van der Waals surface area contributed by atoms with Crippen molar-refractivity contribution in [3.63, 3.8) is 0 Å². The van der Waals surface area contributed by atoms with Gasteiger partial charge in [-0.05, 0) is 146 Å². The average molecular weight is 1540 g/mol. The first-order chi connectivity index (χ1) is 44.6. The summed E-state index contributed by atoms with van der Waals surface area (Å²) in [5.41, 5.74) is 2.42. The number of aliphatic hydroxyl groups is 1. The Morgan fingerprint density at radius 2 is 0.850 bits per heavy atom. The second-order valence-corrected chi connectivity index (χ2v) is 32.0. The number of hydrogen-bond acceptors (Lipinski definition) is 14. The van der Waals surface area contributed by atoms with Gasteiger partial charge in [0.25, 0.3) is 0 Å². The molecule has 558 valence electrons. The summed E-state index contributed by atoms with van der Waals surface area (Å²) in [5, 5.41) is -12.8. The molecule has 2 atom stereocenters. The van der Waals surface area contributed by atoms with E-state index in [1.54, 1.807) is 18.7 Å². The van der Waals surface area contributed by atoms with E-state index < -0.39 is 84.8 Å². The van der Waals surface area contributed by atoms with Crippen LogP contribution < -0.4 is 13.1 Å². The van der Waals surface area contributed by atoms with Crippen LogP contribution in [0.3, 0.4) is 0 Å². The maximum Gasteiger partial charge on any atom is 0.450 e. The van der Waals surface area contributed by atoms with E-state index in [2.05, 4.69) is 124 Å². The monoisotopic (exact) mass is 1540 g/mol. The molecular weight excluding hydrogens is 1460 g/mol. The molecule has 14 nitrogen and oxygen atoms in total. The van der Waals surface area contributed by atoms with Gasteiger partial charge in [-0.2, -0.15) is 69.5 Å². The molecule has 0 bridgehead atoms. The Kier molecular flexibility index (Phi) is 32.0. The zero-order valence-corrected chi connectivity index (χ0v) is 56.6. The quantitative estimate of drug-likeness (QED) is 0.0195. The van der Waals surface area contributed by atoms with Crippen molar-refractivity contribution in [1.82, 2.24) is 0 Å². The van der Waals surface area contributed by atoms with Crippen LogP contribution in [0.25, 0.3) is 35.8 Å². The van der Waals surface area contributed by atoms with Crippen molar-refractivity contribution in [3.8, 4) is 22.1 Å². The van der Waals surface area contributed by atoms with E-state index in [1.165, 1.54) is 96.4 Å². The van der Waals surface area contributed by atoms with Crippen molar-refractivity contribution >= 4 is 92.8 Å². The van der Waals surface area contributed by atoms with Gasteiger partial charge in [0, 0.05) is 49.5 Å². The second kappa shape index (κ2) is 35.7. The van der Waals surface area contributed by atoms with Crippen LogP contribution in [0.5, 0.6) is 17.2 Å². The summed E-state index contributed by atoms with van der Waals surface area (Å²) in [5.74, 6) is -12.3. The number of ether oxygens (including phenoxy) is 1. The summed E-state index contributed by atoms with van der Waals surface area (Å²) in [6, 6.07) is 47.6. The van der Waals surface area contributed by atoms with E-state index in [1.807, 2.05) is 13.8 Å². The minimum Gasteiger partial charge on any atom is -0.743 e. The van der Waals surface area contributed by atoms with E-state index in [-0.39, 0.29) is 58.6 Å². The van der Waals surface area contributed by atoms with Gasteiger partial charge in [0.2, 0.25) is 0 Å². The molecule has 8 aromatic rings. The van der Waals surface area contributed by atoms with Crippen LogP contribution in [-0.2, 0) is 57.8 Å². The van der Waals surface area contributed by atoms with Crippen molar-refractivity contribution in [3.05, 3.63) is 174 Å². The van der Waals surface area contributed by atoms with Crippen LogP contribution in [0, 0.1) is 0 Å². The Morgan fingerprint density at radius 1 is 0.480 bits per heavy atom. The number of aliphatic hydroxyl groups excluding tert-OH is 1. The first-order valence-corrected chi connectivity index (χ1v) is 37.7. The van der Waals surface area contributed by atoms with Crippen molar-refractivity contribution in [2.24, 2.45) is 0 Å². The lowest BCUT2D eigenvalue weighted by Crippen LogP contribution is -2.61. The maximum absolute atomic E-state index is 13.6. The molecule has 1 aliphatic rings. The van der Waals surface area contributed by atoms with Crippen molar-refractivity contribution in [2.75, 3.05) is 24.7 Å². The van der Waals surface area contributed by atoms with Crippen LogP contribution in [0.2, 0.25) is 0 Å². The molecule has 2 heterocycles. The van der Waals surface area contributed by atoms with Gasteiger partial charge in [0.05, 0.1) is 6.61 Å². The first-order valence-electron chi connectivity index (χ1n) is 29.3. The summed E-state index contributed by atoms with van der Waals surface area (Å²) in [4.78, 5) is 2.90. The van der Waals surface area contributed by atoms with Gasteiger partial charge in [-0.15, -0.1) is 0 Å². The van der Waals surface area contributed by atoms with Crippen LogP contribution in [-0.4, -0.2) is 105 Å². The average Bonchev–Trinajstić information content (AvgIpc) is 0.975. The molecule has 0 aliphatic carbocycles. The van der Waals surface area contributed by atoms with E-state index in [4.69, 9.17) is 9.84 Å². The molecule has 0 spiro atoms. The molecule has 1 N–H and O–H groups in total.